The van der Waals surface area contributed by atoms with Gasteiger partial charge in [0, 0.05) is 0 Å². The van der Waals surface area contributed by atoms with Crippen LogP contribution in [-0.4, -0.2) is 51.6 Å². The second-order valence-corrected chi connectivity index (χ2v) is 7.70. The van der Waals surface area contributed by atoms with Crippen LogP contribution in [0.1, 0.15) is 39.5 Å². The molecule has 0 aromatic heterocycles. The average Bonchev–Trinajstić information content (AvgIpc) is 2.03. The van der Waals surface area contributed by atoms with Crippen LogP contribution in [0.15, 0.2) is 0 Å². The molecule has 3 N–H and O–H groups in total. The fourth-order valence-corrected chi connectivity index (χ4v) is 3.39. The predicted molar refractivity (Wildman–Crippen MR) is 57.5 cm³/mol. The first-order valence-corrected chi connectivity index (χ1v) is 11.0. The molecule has 0 fully saturated rings. The maximum absolute atomic E-state index is 10.0. The molecule has 0 heterocycles. The van der Waals surface area contributed by atoms with Crippen molar-refractivity contribution in [3.8, 4) is 0 Å². The molecule has 0 aromatic rings. The normalized spacial score (nSPS) is 8.00. The Morgan fingerprint density at radius 1 is 1.23 bits per heavy atom. The summed E-state index contributed by atoms with van der Waals surface area (Å²) in [6.45, 7) is 4.25. The van der Waals surface area contributed by atoms with Crippen molar-refractivity contribution in [3.05, 3.63) is 0 Å². The fourth-order valence-electron chi connectivity index (χ4n) is 0.505. The summed E-state index contributed by atoms with van der Waals surface area (Å²) < 4.78 is 20.4. The van der Waals surface area contributed by atoms with E-state index in [1.54, 1.807) is 22.5 Å². The molecular weight excluding hydrogens is 382 g/mol. The molecule has 0 saturated heterocycles. The van der Waals surface area contributed by atoms with Crippen LogP contribution in [0.3, 0.4) is 0 Å². The van der Waals surface area contributed by atoms with E-state index in [2.05, 4.69) is 6.92 Å². The van der Waals surface area contributed by atoms with Crippen molar-refractivity contribution < 1.29 is 12.0 Å². The molecule has 0 aliphatic heterocycles. The third-order valence-corrected chi connectivity index (χ3v) is 4.51. The summed E-state index contributed by atoms with van der Waals surface area (Å²) in [5.74, 6) is 0. The second kappa shape index (κ2) is 19.0. The van der Waals surface area contributed by atoms with Gasteiger partial charge in [0.15, 0.2) is 0 Å². The summed E-state index contributed by atoms with van der Waals surface area (Å²) in [7, 11) is 0. The summed E-state index contributed by atoms with van der Waals surface area (Å²) in [6, 6.07) is 0. The van der Waals surface area contributed by atoms with Gasteiger partial charge in [0.1, 0.15) is 0 Å². The molecule has 79 valence electrons. The van der Waals surface area contributed by atoms with E-state index >= 15 is 0 Å². The molecule has 0 amide bonds. The molecule has 0 aromatic carbocycles. The molecule has 13 heavy (non-hydrogen) atoms. The van der Waals surface area contributed by atoms with Crippen molar-refractivity contribution in [1.82, 2.24) is 0 Å². The first-order chi connectivity index (χ1) is 5.68. The van der Waals surface area contributed by atoms with Gasteiger partial charge < -0.3 is 5.48 Å². The van der Waals surface area contributed by atoms with E-state index in [1.807, 2.05) is 6.92 Å². The molecule has 0 saturated carbocycles. The van der Waals surface area contributed by atoms with Crippen LogP contribution in [0.5, 0.6) is 0 Å². The summed E-state index contributed by atoms with van der Waals surface area (Å²) in [4.78, 5) is 0. The van der Waals surface area contributed by atoms with E-state index in [0.29, 0.717) is 4.44 Å². The number of unbranched alkanes of at least 4 members (excludes halogenated alkanes) is 2. The van der Waals surface area contributed by atoms with Gasteiger partial charge in [0.05, 0.1) is 0 Å². The van der Waals surface area contributed by atoms with Crippen LogP contribution in [0.2, 0.25) is 8.87 Å². The number of hydrogen-bond donors (Lipinski definition) is 1. The monoisotopic (exact) mass is 405 g/mol. The van der Waals surface area contributed by atoms with Gasteiger partial charge in [0.2, 0.25) is 0 Å². The van der Waals surface area contributed by atoms with Gasteiger partial charge in [-0.3, -0.25) is 0 Å². The zero-order valence-electron chi connectivity index (χ0n) is 8.60. The topological polar surface area (TPSA) is 68.8 Å². The third-order valence-electron chi connectivity index (χ3n) is 1.27. The Labute approximate surface area is 102 Å². The minimum atomic E-state index is -2.89. The summed E-state index contributed by atoms with van der Waals surface area (Å²) in [5.41, 5.74) is 0. The molecule has 0 bridgehead atoms. The van der Waals surface area contributed by atoms with E-state index in [9.17, 15) is 3.08 Å². The van der Waals surface area contributed by atoms with E-state index in [0.717, 1.165) is 12.8 Å². The Morgan fingerprint density at radius 3 is 1.77 bits per heavy atom. The van der Waals surface area contributed by atoms with Gasteiger partial charge in [-0.15, -0.1) is 0 Å². The fraction of sp³-hybridized carbons (Fsp3) is 1.00. The van der Waals surface area contributed by atoms with Crippen LogP contribution in [0, 0.1) is 0 Å². The molecule has 0 spiro atoms. The summed E-state index contributed by atoms with van der Waals surface area (Å²) >= 11 is -1.21. The van der Waals surface area contributed by atoms with Crippen LogP contribution in [0.4, 0.5) is 0 Å². The molecule has 0 aliphatic carbocycles. The molecular formula is C8H21O3Sn2. The van der Waals surface area contributed by atoms with Crippen molar-refractivity contribution >= 4 is 42.7 Å². The van der Waals surface area contributed by atoms with Crippen molar-refractivity contribution in [3.63, 3.8) is 0 Å². The first kappa shape index (κ1) is 19.8. The van der Waals surface area contributed by atoms with Crippen molar-refractivity contribution in [1.29, 1.82) is 0 Å². The van der Waals surface area contributed by atoms with Gasteiger partial charge in [0.25, 0.3) is 0 Å². The van der Waals surface area contributed by atoms with Gasteiger partial charge in [-0.25, -0.2) is 0 Å². The molecule has 0 aliphatic rings. The minimum absolute atomic E-state index is 0. The van der Waals surface area contributed by atoms with Crippen molar-refractivity contribution in [2.75, 3.05) is 0 Å². The zero-order chi connectivity index (χ0) is 9.82. The number of rotatable bonds is 5. The Morgan fingerprint density at radius 2 is 1.69 bits per heavy atom. The Hall–Kier alpha value is 1.32. The van der Waals surface area contributed by atoms with Crippen molar-refractivity contribution in [2.24, 2.45) is 0 Å². The maximum atomic E-state index is 10.0. The van der Waals surface area contributed by atoms with E-state index in [1.165, 1.54) is 17.3 Å². The number of hydrogen-bond acceptors (Lipinski definition) is 1. The van der Waals surface area contributed by atoms with E-state index < -0.39 is 20.2 Å². The maximum Gasteiger partial charge on any atom is -0.412 e. The van der Waals surface area contributed by atoms with E-state index in [-0.39, 0.29) is 5.48 Å². The molecule has 3 radical (unpaired) electrons. The molecule has 0 atom stereocenters. The SMILES string of the molecule is CCC[CH2][Sn].CCC[CH2][Sn](=[O])[OH].O. The first-order valence-electron chi connectivity index (χ1n) is 4.55. The third kappa shape index (κ3) is 31.9. The predicted octanol–water partition coefficient (Wildman–Crippen LogP) is 1.25. The van der Waals surface area contributed by atoms with E-state index in [4.69, 9.17) is 3.44 Å². The smallest absolute Gasteiger partial charge is 0.412 e. The standard InChI is InChI=1S/2C4H9.2H2O.O.2Sn/c2*1-3-4-2;;;;;/h2*1,3-4H2,2H3;2*1H2;;;/q;;;;;;+1/p-1. The van der Waals surface area contributed by atoms with Gasteiger partial charge in [-0.05, 0) is 0 Å². The quantitative estimate of drug-likeness (QED) is 0.703. The average molecular weight is 403 g/mol. The molecule has 0 rings (SSSR count). The van der Waals surface area contributed by atoms with Crippen LogP contribution >= 0.6 is 0 Å². The molecule has 3 nitrogen and oxygen atoms in total. The van der Waals surface area contributed by atoms with Crippen LogP contribution in [0.25, 0.3) is 0 Å². The zero-order valence-corrected chi connectivity index (χ0v) is 14.3. The minimum Gasteiger partial charge on any atom is -0.412 e. The Bertz CT molecular complexity index is 97.4. The van der Waals surface area contributed by atoms with Crippen molar-refractivity contribution in [2.45, 2.75) is 48.4 Å². The Kier molecular flexibility index (Phi) is 28.9. The van der Waals surface area contributed by atoms with Crippen LogP contribution < -0.4 is 0 Å². The molecule has 0 unspecified atom stereocenters. The second-order valence-electron chi connectivity index (χ2n) is 2.60. The Balaban J connectivity index is -0.000000150. The van der Waals surface area contributed by atoms with Gasteiger partial charge in [-0.1, -0.05) is 0 Å². The van der Waals surface area contributed by atoms with Gasteiger partial charge in [-0.2, -0.15) is 0 Å². The van der Waals surface area contributed by atoms with Crippen LogP contribution in [-0.2, 0) is 3.08 Å². The summed E-state index contributed by atoms with van der Waals surface area (Å²) in [6.07, 6.45) is 4.76. The largest absolute Gasteiger partial charge is 0.412 e. The summed E-state index contributed by atoms with van der Waals surface area (Å²) in [5, 5.41) is 0. The van der Waals surface area contributed by atoms with Gasteiger partial charge >= 0.3 is 97.6 Å². The molecule has 5 heteroatoms.